The zero-order valence-corrected chi connectivity index (χ0v) is 12.7. The summed E-state index contributed by atoms with van der Waals surface area (Å²) in [5, 5.41) is 3.02. The van der Waals surface area contributed by atoms with E-state index in [1.807, 2.05) is 12.1 Å². The van der Waals surface area contributed by atoms with Crippen LogP contribution in [0.4, 0.5) is 11.4 Å². The second-order valence-corrected chi connectivity index (χ2v) is 6.28. The molecular weight excluding hydrogens is 262 g/mol. The van der Waals surface area contributed by atoms with Crippen LogP contribution in [0.15, 0.2) is 24.3 Å². The molecule has 0 saturated carbocycles. The van der Waals surface area contributed by atoms with Gasteiger partial charge >= 0.3 is 0 Å². The molecule has 2 N–H and O–H groups in total. The maximum Gasteiger partial charge on any atom is 0.279 e. The number of carbonyl (C=O) groups excluding carboxylic acids is 1. The van der Waals surface area contributed by atoms with Crippen LogP contribution >= 0.6 is 0 Å². The standard InChI is InChI=1S/C17H25N3O/c21-17(14-19-10-4-5-11-19)18-15-6-8-16(9-7-15)20-12-2-1-3-13-20/h6-9H,1-5,10-14H2,(H,18,21)/p+1. The number of rotatable bonds is 4. The normalized spacial score (nSPS) is 19.7. The van der Waals surface area contributed by atoms with E-state index in [0.717, 1.165) is 31.9 Å². The smallest absolute Gasteiger partial charge is 0.279 e. The molecule has 2 aliphatic rings. The molecule has 1 aromatic carbocycles. The predicted molar refractivity (Wildman–Crippen MR) is 85.9 cm³/mol. The molecule has 1 amide bonds. The van der Waals surface area contributed by atoms with Crippen molar-refractivity contribution in [1.82, 2.24) is 0 Å². The molecule has 1 aromatic rings. The van der Waals surface area contributed by atoms with Crippen molar-refractivity contribution in [2.45, 2.75) is 32.1 Å². The summed E-state index contributed by atoms with van der Waals surface area (Å²) >= 11 is 0. The first kappa shape index (κ1) is 14.4. The summed E-state index contributed by atoms with van der Waals surface area (Å²) in [6.07, 6.45) is 6.44. The van der Waals surface area contributed by atoms with Gasteiger partial charge in [-0.05, 0) is 43.5 Å². The van der Waals surface area contributed by atoms with Crippen LogP contribution in [-0.4, -0.2) is 38.6 Å². The Morgan fingerprint density at radius 1 is 1.00 bits per heavy atom. The molecule has 2 heterocycles. The average molecular weight is 288 g/mol. The minimum absolute atomic E-state index is 0.137. The van der Waals surface area contributed by atoms with Gasteiger partial charge in [0.15, 0.2) is 6.54 Å². The maximum absolute atomic E-state index is 12.0. The number of benzene rings is 1. The van der Waals surface area contributed by atoms with Crippen LogP contribution in [0.25, 0.3) is 0 Å². The van der Waals surface area contributed by atoms with Crippen LogP contribution in [0, 0.1) is 0 Å². The van der Waals surface area contributed by atoms with E-state index in [1.165, 1.54) is 42.7 Å². The first-order chi connectivity index (χ1) is 10.3. The molecule has 0 aliphatic carbocycles. The van der Waals surface area contributed by atoms with E-state index in [1.54, 1.807) is 0 Å². The molecule has 114 valence electrons. The predicted octanol–water partition coefficient (Wildman–Crippen LogP) is 1.29. The fourth-order valence-corrected chi connectivity index (χ4v) is 3.39. The lowest BCUT2D eigenvalue weighted by molar-refractivity contribution is -0.878. The summed E-state index contributed by atoms with van der Waals surface area (Å²) in [5.41, 5.74) is 2.19. The Morgan fingerprint density at radius 2 is 1.67 bits per heavy atom. The molecule has 3 rings (SSSR count). The van der Waals surface area contributed by atoms with Crippen LogP contribution in [0.2, 0.25) is 0 Å². The Kier molecular flexibility index (Phi) is 4.76. The van der Waals surface area contributed by atoms with Gasteiger partial charge in [0, 0.05) is 37.3 Å². The van der Waals surface area contributed by atoms with Crippen LogP contribution < -0.4 is 15.1 Å². The van der Waals surface area contributed by atoms with E-state index in [0.29, 0.717) is 6.54 Å². The third kappa shape index (κ3) is 3.97. The van der Waals surface area contributed by atoms with Gasteiger partial charge in [-0.2, -0.15) is 0 Å². The van der Waals surface area contributed by atoms with Crippen molar-refractivity contribution < 1.29 is 9.69 Å². The number of carbonyl (C=O) groups is 1. The summed E-state index contributed by atoms with van der Waals surface area (Å²) < 4.78 is 0. The van der Waals surface area contributed by atoms with Crippen molar-refractivity contribution in [2.75, 3.05) is 42.9 Å². The molecule has 2 fully saturated rings. The molecule has 0 spiro atoms. The first-order valence-corrected chi connectivity index (χ1v) is 8.30. The van der Waals surface area contributed by atoms with Gasteiger partial charge in [0.1, 0.15) is 0 Å². The lowest BCUT2D eigenvalue weighted by Gasteiger charge is -2.28. The number of quaternary nitrogens is 1. The van der Waals surface area contributed by atoms with Crippen molar-refractivity contribution in [3.8, 4) is 0 Å². The largest absolute Gasteiger partial charge is 0.372 e. The lowest BCUT2D eigenvalue weighted by Crippen LogP contribution is -3.11. The third-order valence-electron chi connectivity index (χ3n) is 4.59. The average Bonchev–Trinajstić information content (AvgIpc) is 3.02. The van der Waals surface area contributed by atoms with Crippen molar-refractivity contribution >= 4 is 17.3 Å². The van der Waals surface area contributed by atoms with E-state index < -0.39 is 0 Å². The highest BCUT2D eigenvalue weighted by Gasteiger charge is 2.18. The summed E-state index contributed by atoms with van der Waals surface area (Å²) in [6, 6.07) is 8.32. The SMILES string of the molecule is O=C(C[NH+]1CCCC1)Nc1ccc(N2CCCCC2)cc1. The van der Waals surface area contributed by atoms with Gasteiger partial charge in [0.25, 0.3) is 5.91 Å². The molecule has 0 unspecified atom stereocenters. The molecule has 0 aromatic heterocycles. The van der Waals surface area contributed by atoms with Gasteiger partial charge in [-0.25, -0.2) is 0 Å². The quantitative estimate of drug-likeness (QED) is 0.876. The Labute approximate surface area is 127 Å². The molecule has 0 atom stereocenters. The molecular formula is C17H26N3O+. The van der Waals surface area contributed by atoms with Gasteiger partial charge < -0.3 is 15.1 Å². The Bertz CT molecular complexity index is 459. The summed E-state index contributed by atoms with van der Waals surface area (Å²) in [5.74, 6) is 0.137. The minimum atomic E-state index is 0.137. The van der Waals surface area contributed by atoms with Gasteiger partial charge in [-0.3, -0.25) is 4.79 Å². The van der Waals surface area contributed by atoms with E-state index in [2.05, 4.69) is 22.3 Å². The molecule has 0 radical (unpaired) electrons. The van der Waals surface area contributed by atoms with Crippen LogP contribution in [0.5, 0.6) is 0 Å². The molecule has 0 bridgehead atoms. The molecule has 4 nitrogen and oxygen atoms in total. The van der Waals surface area contributed by atoms with E-state index in [9.17, 15) is 4.79 Å². The van der Waals surface area contributed by atoms with Gasteiger partial charge in [-0.1, -0.05) is 0 Å². The van der Waals surface area contributed by atoms with Crippen LogP contribution in [0.1, 0.15) is 32.1 Å². The van der Waals surface area contributed by atoms with Crippen molar-refractivity contribution in [2.24, 2.45) is 0 Å². The van der Waals surface area contributed by atoms with Gasteiger partial charge in [-0.15, -0.1) is 0 Å². The van der Waals surface area contributed by atoms with E-state index >= 15 is 0 Å². The molecule has 2 aliphatic heterocycles. The van der Waals surface area contributed by atoms with Crippen molar-refractivity contribution in [3.05, 3.63) is 24.3 Å². The Balaban J connectivity index is 1.52. The van der Waals surface area contributed by atoms with Crippen molar-refractivity contribution in [1.29, 1.82) is 0 Å². The monoisotopic (exact) mass is 288 g/mol. The number of piperidine rings is 1. The number of nitrogens with one attached hydrogen (secondary N) is 2. The molecule has 4 heteroatoms. The number of hydrogen-bond donors (Lipinski definition) is 2. The van der Waals surface area contributed by atoms with Gasteiger partial charge in [0.2, 0.25) is 0 Å². The van der Waals surface area contributed by atoms with Crippen LogP contribution in [-0.2, 0) is 4.79 Å². The Hall–Kier alpha value is -1.55. The van der Waals surface area contributed by atoms with Crippen LogP contribution in [0.3, 0.4) is 0 Å². The third-order valence-corrected chi connectivity index (χ3v) is 4.59. The second-order valence-electron chi connectivity index (χ2n) is 6.28. The molecule has 21 heavy (non-hydrogen) atoms. The fraction of sp³-hybridized carbons (Fsp3) is 0.588. The number of amides is 1. The fourth-order valence-electron chi connectivity index (χ4n) is 3.39. The maximum atomic E-state index is 12.0. The summed E-state index contributed by atoms with van der Waals surface area (Å²) in [7, 11) is 0. The number of hydrogen-bond acceptors (Lipinski definition) is 2. The zero-order valence-electron chi connectivity index (χ0n) is 12.7. The highest BCUT2D eigenvalue weighted by Crippen LogP contribution is 2.21. The first-order valence-electron chi connectivity index (χ1n) is 8.30. The van der Waals surface area contributed by atoms with Gasteiger partial charge in [0.05, 0.1) is 13.1 Å². The topological polar surface area (TPSA) is 36.8 Å². The number of nitrogens with zero attached hydrogens (tertiary/aromatic N) is 1. The number of anilines is 2. The highest BCUT2D eigenvalue weighted by molar-refractivity contribution is 5.91. The van der Waals surface area contributed by atoms with E-state index in [4.69, 9.17) is 0 Å². The lowest BCUT2D eigenvalue weighted by atomic mass is 10.1. The second kappa shape index (κ2) is 6.94. The number of likely N-dealkylation sites (tertiary alicyclic amines) is 1. The highest BCUT2D eigenvalue weighted by atomic mass is 16.2. The summed E-state index contributed by atoms with van der Waals surface area (Å²) in [4.78, 5) is 15.9. The molecule has 2 saturated heterocycles. The summed E-state index contributed by atoms with van der Waals surface area (Å²) in [6.45, 7) is 5.20. The van der Waals surface area contributed by atoms with E-state index in [-0.39, 0.29) is 5.91 Å². The Morgan fingerprint density at radius 3 is 2.33 bits per heavy atom. The zero-order chi connectivity index (χ0) is 14.5. The van der Waals surface area contributed by atoms with Crippen molar-refractivity contribution in [3.63, 3.8) is 0 Å². The minimum Gasteiger partial charge on any atom is -0.372 e.